The van der Waals surface area contributed by atoms with Crippen molar-refractivity contribution in [2.24, 2.45) is 0 Å². The van der Waals surface area contributed by atoms with Crippen molar-refractivity contribution in [2.75, 3.05) is 0 Å². The lowest BCUT2D eigenvalue weighted by Gasteiger charge is -2.04. The Hall–Kier alpha value is -1.65. The first-order valence-corrected chi connectivity index (χ1v) is 5.35. The molecule has 4 nitrogen and oxygen atoms in total. The highest BCUT2D eigenvalue weighted by Gasteiger charge is 2.10. The summed E-state index contributed by atoms with van der Waals surface area (Å²) in [7, 11) is 0. The lowest BCUT2D eigenvalue weighted by Crippen LogP contribution is -2.10. The molecule has 0 N–H and O–H groups in total. The molecular formula is C11H6Cl2N2O2. The molecule has 0 fully saturated rings. The van der Waals surface area contributed by atoms with Gasteiger partial charge in [-0.15, -0.1) is 0 Å². The number of rotatable bonds is 2. The average molecular weight is 269 g/mol. The zero-order valence-corrected chi connectivity index (χ0v) is 9.94. The Morgan fingerprint density at radius 2 is 2.00 bits per heavy atom. The molecule has 0 saturated heterocycles. The highest BCUT2D eigenvalue weighted by Crippen LogP contribution is 2.26. The Morgan fingerprint density at radius 3 is 2.65 bits per heavy atom. The molecule has 0 saturated carbocycles. The number of carbonyl (C=O) groups excluding carboxylic acids is 1. The topological polar surface area (TPSA) is 52.1 Å². The Kier molecular flexibility index (Phi) is 3.56. The van der Waals surface area contributed by atoms with Crippen LogP contribution >= 0.6 is 23.2 Å². The van der Waals surface area contributed by atoms with Crippen LogP contribution in [-0.2, 0) is 0 Å². The first kappa shape index (κ1) is 11.8. The van der Waals surface area contributed by atoms with Crippen LogP contribution in [0, 0.1) is 0 Å². The zero-order valence-electron chi connectivity index (χ0n) is 8.43. The van der Waals surface area contributed by atoms with E-state index in [9.17, 15) is 4.79 Å². The molecule has 0 bridgehead atoms. The number of carbonyl (C=O) groups is 1. The highest BCUT2D eigenvalue weighted by atomic mass is 35.5. The number of esters is 1. The third-order valence-electron chi connectivity index (χ3n) is 1.89. The molecular weight excluding hydrogens is 263 g/mol. The molecule has 6 heteroatoms. The van der Waals surface area contributed by atoms with Crippen molar-refractivity contribution in [1.82, 2.24) is 9.97 Å². The molecule has 0 aliphatic rings. The summed E-state index contributed by atoms with van der Waals surface area (Å²) >= 11 is 11.5. The molecule has 0 radical (unpaired) electrons. The number of benzene rings is 1. The maximum atomic E-state index is 11.6. The normalized spacial score (nSPS) is 10.0. The Bertz CT molecular complexity index is 546. The van der Waals surface area contributed by atoms with Gasteiger partial charge in [0, 0.05) is 12.3 Å². The van der Waals surface area contributed by atoms with Crippen LogP contribution in [0.15, 0.2) is 36.8 Å². The summed E-state index contributed by atoms with van der Waals surface area (Å²) in [6.07, 6.45) is 2.73. The van der Waals surface area contributed by atoms with Gasteiger partial charge in [-0.25, -0.2) is 14.8 Å². The molecule has 0 aliphatic heterocycles. The fourth-order valence-corrected chi connectivity index (χ4v) is 1.40. The minimum absolute atomic E-state index is 0.172. The first-order chi connectivity index (χ1) is 8.16. The fraction of sp³-hybridized carbons (Fsp3) is 0. The van der Waals surface area contributed by atoms with Crippen molar-refractivity contribution in [2.45, 2.75) is 0 Å². The molecule has 2 aromatic rings. The van der Waals surface area contributed by atoms with Crippen molar-refractivity contribution in [3.63, 3.8) is 0 Å². The predicted octanol–water partition coefficient (Wildman–Crippen LogP) is 3.00. The lowest BCUT2D eigenvalue weighted by atomic mass is 10.3. The molecule has 86 valence electrons. The van der Waals surface area contributed by atoms with Gasteiger partial charge >= 0.3 is 5.97 Å². The van der Waals surface area contributed by atoms with Gasteiger partial charge in [0.15, 0.2) is 5.69 Å². The Morgan fingerprint density at radius 1 is 1.18 bits per heavy atom. The number of aromatic nitrogens is 2. The van der Waals surface area contributed by atoms with E-state index in [1.807, 2.05) is 0 Å². The van der Waals surface area contributed by atoms with E-state index in [0.29, 0.717) is 15.8 Å². The van der Waals surface area contributed by atoms with Crippen LogP contribution in [0.3, 0.4) is 0 Å². The van der Waals surface area contributed by atoms with E-state index in [1.54, 1.807) is 12.1 Å². The highest BCUT2D eigenvalue weighted by molar-refractivity contribution is 6.42. The second-order valence-corrected chi connectivity index (χ2v) is 3.87. The molecule has 1 aromatic carbocycles. The summed E-state index contributed by atoms with van der Waals surface area (Å²) in [6.45, 7) is 0. The molecule has 0 atom stereocenters. The fourth-order valence-electron chi connectivity index (χ4n) is 1.11. The van der Waals surface area contributed by atoms with Crippen molar-refractivity contribution >= 4 is 29.2 Å². The van der Waals surface area contributed by atoms with Gasteiger partial charge < -0.3 is 4.74 Å². The van der Waals surface area contributed by atoms with E-state index in [-0.39, 0.29) is 5.69 Å². The predicted molar refractivity (Wildman–Crippen MR) is 63.5 cm³/mol. The summed E-state index contributed by atoms with van der Waals surface area (Å²) in [6, 6.07) is 6.02. The minimum Gasteiger partial charge on any atom is -0.422 e. The monoisotopic (exact) mass is 268 g/mol. The summed E-state index contributed by atoms with van der Waals surface area (Å²) in [5.41, 5.74) is 0.172. The summed E-state index contributed by atoms with van der Waals surface area (Å²) in [4.78, 5) is 19.1. The second-order valence-electron chi connectivity index (χ2n) is 3.06. The lowest BCUT2D eigenvalue weighted by molar-refractivity contribution is 0.0728. The van der Waals surface area contributed by atoms with Gasteiger partial charge in [0.1, 0.15) is 12.1 Å². The number of halogens is 2. The quantitative estimate of drug-likeness (QED) is 0.621. The number of ether oxygens (including phenoxy) is 1. The second kappa shape index (κ2) is 5.12. The van der Waals surface area contributed by atoms with Crippen LogP contribution in [0.25, 0.3) is 0 Å². The van der Waals surface area contributed by atoms with Gasteiger partial charge in [0.05, 0.1) is 10.0 Å². The van der Waals surface area contributed by atoms with Crippen LogP contribution < -0.4 is 4.74 Å². The van der Waals surface area contributed by atoms with Crippen LogP contribution in [0.2, 0.25) is 10.0 Å². The molecule has 1 heterocycles. The van der Waals surface area contributed by atoms with Gasteiger partial charge in [-0.2, -0.15) is 0 Å². The van der Waals surface area contributed by atoms with Crippen LogP contribution in [-0.4, -0.2) is 15.9 Å². The van der Waals surface area contributed by atoms with Crippen LogP contribution in [0.1, 0.15) is 10.5 Å². The summed E-state index contributed by atoms with van der Waals surface area (Å²) in [5.74, 6) is -0.270. The first-order valence-electron chi connectivity index (χ1n) is 4.60. The molecule has 0 aliphatic carbocycles. The third-order valence-corrected chi connectivity index (χ3v) is 2.63. The van der Waals surface area contributed by atoms with Crippen molar-refractivity contribution in [3.05, 3.63) is 52.5 Å². The third kappa shape index (κ3) is 2.93. The van der Waals surface area contributed by atoms with Crippen molar-refractivity contribution in [1.29, 1.82) is 0 Å². The Labute approximate surface area is 107 Å². The molecule has 0 unspecified atom stereocenters. The summed E-state index contributed by atoms with van der Waals surface area (Å²) < 4.78 is 5.06. The molecule has 0 amide bonds. The SMILES string of the molecule is O=C(Oc1ccc(Cl)c(Cl)c1)c1ccncn1. The molecule has 2 rings (SSSR count). The Balaban J connectivity index is 2.16. The zero-order chi connectivity index (χ0) is 12.3. The van der Waals surface area contributed by atoms with E-state index in [1.165, 1.54) is 24.7 Å². The van der Waals surface area contributed by atoms with Gasteiger partial charge in [-0.1, -0.05) is 23.2 Å². The van der Waals surface area contributed by atoms with Crippen LogP contribution in [0.4, 0.5) is 0 Å². The van der Waals surface area contributed by atoms with E-state index < -0.39 is 5.97 Å². The van der Waals surface area contributed by atoms with Crippen molar-refractivity contribution in [3.8, 4) is 5.75 Å². The minimum atomic E-state index is -0.578. The van der Waals surface area contributed by atoms with E-state index >= 15 is 0 Å². The van der Waals surface area contributed by atoms with Gasteiger partial charge in [-0.05, 0) is 18.2 Å². The van der Waals surface area contributed by atoms with Crippen molar-refractivity contribution < 1.29 is 9.53 Å². The maximum absolute atomic E-state index is 11.6. The number of hydrogen-bond acceptors (Lipinski definition) is 4. The van der Waals surface area contributed by atoms with Gasteiger partial charge in [0.25, 0.3) is 0 Å². The number of nitrogens with zero attached hydrogens (tertiary/aromatic N) is 2. The van der Waals surface area contributed by atoms with Crippen LogP contribution in [0.5, 0.6) is 5.75 Å². The molecule has 0 spiro atoms. The standard InChI is InChI=1S/C11H6Cl2N2O2/c12-8-2-1-7(5-9(8)13)17-11(16)10-3-4-14-6-15-10/h1-6H. The smallest absolute Gasteiger partial charge is 0.362 e. The van der Waals surface area contributed by atoms with E-state index in [2.05, 4.69) is 9.97 Å². The van der Waals surface area contributed by atoms with E-state index in [0.717, 1.165) is 0 Å². The van der Waals surface area contributed by atoms with E-state index in [4.69, 9.17) is 27.9 Å². The largest absolute Gasteiger partial charge is 0.422 e. The molecule has 1 aromatic heterocycles. The maximum Gasteiger partial charge on any atom is 0.362 e. The average Bonchev–Trinajstić information content (AvgIpc) is 2.35. The van der Waals surface area contributed by atoms with Gasteiger partial charge in [0.2, 0.25) is 0 Å². The number of hydrogen-bond donors (Lipinski definition) is 0. The molecule has 17 heavy (non-hydrogen) atoms. The van der Waals surface area contributed by atoms with Gasteiger partial charge in [-0.3, -0.25) is 0 Å². The summed E-state index contributed by atoms with van der Waals surface area (Å²) in [5, 5.41) is 0.716.